The maximum absolute atomic E-state index is 11.6. The van der Waals surface area contributed by atoms with E-state index in [0.29, 0.717) is 0 Å². The molecule has 0 saturated carbocycles. The fourth-order valence-corrected chi connectivity index (χ4v) is 1.65. The van der Waals surface area contributed by atoms with E-state index in [2.05, 4.69) is 10.6 Å². The average Bonchev–Trinajstić information content (AvgIpc) is 2.34. The molecule has 8 heteroatoms. The zero-order valence-electron chi connectivity index (χ0n) is 9.69. The van der Waals surface area contributed by atoms with Crippen LogP contribution >= 0.6 is 23.2 Å². The number of urea groups is 1. The van der Waals surface area contributed by atoms with Gasteiger partial charge in [-0.1, -0.05) is 29.3 Å². The highest BCUT2D eigenvalue weighted by molar-refractivity contribution is 6.43. The molecular weight excluding hydrogens is 295 g/mol. The van der Waals surface area contributed by atoms with Crippen LogP contribution in [0.4, 0.5) is 10.5 Å². The van der Waals surface area contributed by atoms with Crippen molar-refractivity contribution in [2.24, 2.45) is 0 Å². The number of carboxylic acids is 1. The maximum atomic E-state index is 11.6. The van der Waals surface area contributed by atoms with Gasteiger partial charge in [-0.05, 0) is 12.1 Å². The van der Waals surface area contributed by atoms with Crippen LogP contribution in [0.15, 0.2) is 18.2 Å². The number of carboxylic acid groups (broad SMARTS) is 1. The van der Waals surface area contributed by atoms with Crippen LogP contribution in [-0.2, 0) is 4.79 Å². The molecule has 6 nitrogen and oxygen atoms in total. The number of halogens is 2. The second-order valence-corrected chi connectivity index (χ2v) is 4.39. The Labute approximate surface area is 119 Å². The van der Waals surface area contributed by atoms with E-state index in [4.69, 9.17) is 33.4 Å². The molecular formula is C11H12Cl2N2O4. The Bertz CT molecular complexity index is 482. The first-order chi connectivity index (χ1) is 8.95. The highest BCUT2D eigenvalue weighted by atomic mass is 35.5. The first-order valence-corrected chi connectivity index (χ1v) is 6.06. The molecule has 0 fully saturated rings. The summed E-state index contributed by atoms with van der Waals surface area (Å²) in [6, 6.07) is 2.74. The van der Waals surface area contributed by atoms with Crippen LogP contribution in [0.2, 0.25) is 10.0 Å². The van der Waals surface area contributed by atoms with Crippen LogP contribution in [0.25, 0.3) is 0 Å². The summed E-state index contributed by atoms with van der Waals surface area (Å²) in [4.78, 5) is 22.4. The van der Waals surface area contributed by atoms with Gasteiger partial charge in [0.15, 0.2) is 0 Å². The van der Waals surface area contributed by atoms with Crippen molar-refractivity contribution >= 4 is 40.9 Å². The Hall–Kier alpha value is -1.50. The lowest BCUT2D eigenvalue weighted by Gasteiger charge is -2.14. The molecule has 0 aliphatic heterocycles. The third kappa shape index (κ3) is 4.59. The number of hydrogen-bond donors (Lipinski definition) is 4. The number of carbonyl (C=O) groups is 2. The van der Waals surface area contributed by atoms with E-state index in [1.165, 1.54) is 6.07 Å². The monoisotopic (exact) mass is 306 g/mol. The lowest BCUT2D eigenvalue weighted by molar-refractivity contribution is -0.139. The van der Waals surface area contributed by atoms with E-state index >= 15 is 0 Å². The van der Waals surface area contributed by atoms with Crippen LogP contribution in [0.5, 0.6) is 0 Å². The second-order valence-electron chi connectivity index (χ2n) is 3.60. The fourth-order valence-electron chi connectivity index (χ4n) is 1.30. The first kappa shape index (κ1) is 15.6. The summed E-state index contributed by atoms with van der Waals surface area (Å²) >= 11 is 11.6. The van der Waals surface area contributed by atoms with Crippen molar-refractivity contribution in [1.82, 2.24) is 5.32 Å². The van der Waals surface area contributed by atoms with Gasteiger partial charge in [-0.15, -0.1) is 0 Å². The molecule has 1 atom stereocenters. The number of nitrogens with one attached hydrogen (secondary N) is 2. The normalized spacial score (nSPS) is 11.7. The minimum atomic E-state index is -1.23. The standard InChI is InChI=1S/C11H12Cl2N2O4/c12-6-2-1-3-7(9(6)13)14-11(19)15-8(4-5-16)10(17)18/h1-3,8,16H,4-5H2,(H,17,18)(H2,14,15,19)/t8-/m0/s1. The topological polar surface area (TPSA) is 98.7 Å². The smallest absolute Gasteiger partial charge is 0.326 e. The van der Waals surface area contributed by atoms with Crippen molar-refractivity contribution in [2.45, 2.75) is 12.5 Å². The highest BCUT2D eigenvalue weighted by Crippen LogP contribution is 2.29. The van der Waals surface area contributed by atoms with Crippen LogP contribution in [0.3, 0.4) is 0 Å². The number of carbonyl (C=O) groups excluding carboxylic acids is 1. The predicted molar refractivity (Wildman–Crippen MR) is 71.7 cm³/mol. The SMILES string of the molecule is O=C(Nc1cccc(Cl)c1Cl)N[C@@H](CCO)C(=O)O. The largest absolute Gasteiger partial charge is 0.480 e. The Balaban J connectivity index is 2.69. The van der Waals surface area contributed by atoms with Gasteiger partial charge >= 0.3 is 12.0 Å². The van der Waals surface area contributed by atoms with Crippen LogP contribution < -0.4 is 10.6 Å². The molecule has 0 bridgehead atoms. The molecule has 0 aliphatic carbocycles. The van der Waals surface area contributed by atoms with E-state index in [-0.39, 0.29) is 28.8 Å². The summed E-state index contributed by atoms with van der Waals surface area (Å²) in [7, 11) is 0. The van der Waals surface area contributed by atoms with Gasteiger partial charge < -0.3 is 20.8 Å². The summed E-state index contributed by atoms with van der Waals surface area (Å²) in [6.45, 7) is -0.352. The number of rotatable bonds is 5. The van der Waals surface area contributed by atoms with Crippen molar-refractivity contribution in [3.63, 3.8) is 0 Å². The molecule has 0 spiro atoms. The zero-order chi connectivity index (χ0) is 14.4. The molecule has 0 aromatic heterocycles. The lowest BCUT2D eigenvalue weighted by atomic mass is 10.2. The van der Waals surface area contributed by atoms with Crippen molar-refractivity contribution in [3.8, 4) is 0 Å². The van der Waals surface area contributed by atoms with Crippen LogP contribution in [0, 0.1) is 0 Å². The highest BCUT2D eigenvalue weighted by Gasteiger charge is 2.19. The van der Waals surface area contributed by atoms with Gasteiger partial charge in [0.25, 0.3) is 0 Å². The molecule has 19 heavy (non-hydrogen) atoms. The Kier molecular flexibility index (Phi) is 5.88. The van der Waals surface area contributed by atoms with E-state index in [1.807, 2.05) is 0 Å². The quantitative estimate of drug-likeness (QED) is 0.668. The fraction of sp³-hybridized carbons (Fsp3) is 0.273. The Morgan fingerprint density at radius 1 is 1.32 bits per heavy atom. The summed E-state index contributed by atoms with van der Waals surface area (Å²) in [6.07, 6.45) is -0.0912. The number of aliphatic hydroxyl groups excluding tert-OH is 1. The third-order valence-electron chi connectivity index (χ3n) is 2.22. The minimum Gasteiger partial charge on any atom is -0.480 e. The van der Waals surface area contributed by atoms with Crippen LogP contribution in [-0.4, -0.2) is 34.9 Å². The molecule has 1 aromatic carbocycles. The van der Waals surface area contributed by atoms with E-state index in [0.717, 1.165) is 0 Å². The van der Waals surface area contributed by atoms with E-state index < -0.39 is 18.0 Å². The molecule has 4 N–H and O–H groups in total. The van der Waals surface area contributed by atoms with Gasteiger partial charge in [-0.25, -0.2) is 9.59 Å². The number of hydrogen-bond acceptors (Lipinski definition) is 3. The average molecular weight is 307 g/mol. The van der Waals surface area contributed by atoms with Crippen molar-refractivity contribution < 1.29 is 19.8 Å². The van der Waals surface area contributed by atoms with Gasteiger partial charge in [0.2, 0.25) is 0 Å². The number of benzene rings is 1. The van der Waals surface area contributed by atoms with Gasteiger partial charge in [0.05, 0.1) is 15.7 Å². The first-order valence-electron chi connectivity index (χ1n) is 5.31. The number of amides is 2. The molecule has 2 amide bonds. The molecule has 0 unspecified atom stereocenters. The number of aliphatic carboxylic acids is 1. The van der Waals surface area contributed by atoms with Crippen molar-refractivity contribution in [1.29, 1.82) is 0 Å². The molecule has 0 aliphatic rings. The molecule has 104 valence electrons. The summed E-state index contributed by atoms with van der Waals surface area (Å²) in [5.74, 6) is -1.23. The molecule has 1 aromatic rings. The van der Waals surface area contributed by atoms with Gasteiger partial charge in [-0.3, -0.25) is 0 Å². The van der Waals surface area contributed by atoms with Gasteiger partial charge in [0.1, 0.15) is 6.04 Å². The van der Waals surface area contributed by atoms with E-state index in [9.17, 15) is 9.59 Å². The Morgan fingerprint density at radius 2 is 2.00 bits per heavy atom. The van der Waals surface area contributed by atoms with Crippen molar-refractivity contribution in [2.75, 3.05) is 11.9 Å². The molecule has 1 rings (SSSR count). The molecule has 0 radical (unpaired) electrons. The second kappa shape index (κ2) is 7.18. The predicted octanol–water partition coefficient (Wildman–Crippen LogP) is 1.95. The minimum absolute atomic E-state index is 0.0912. The summed E-state index contributed by atoms with van der Waals surface area (Å²) < 4.78 is 0. The zero-order valence-corrected chi connectivity index (χ0v) is 11.2. The number of anilines is 1. The van der Waals surface area contributed by atoms with Crippen LogP contribution in [0.1, 0.15) is 6.42 Å². The summed E-state index contributed by atoms with van der Waals surface area (Å²) in [5.41, 5.74) is 0.264. The maximum Gasteiger partial charge on any atom is 0.326 e. The van der Waals surface area contributed by atoms with Gasteiger partial charge in [0, 0.05) is 13.0 Å². The lowest BCUT2D eigenvalue weighted by Crippen LogP contribution is -2.43. The Morgan fingerprint density at radius 3 is 2.58 bits per heavy atom. The molecule has 0 heterocycles. The van der Waals surface area contributed by atoms with Crippen molar-refractivity contribution in [3.05, 3.63) is 28.2 Å². The molecule has 0 saturated heterocycles. The van der Waals surface area contributed by atoms with Gasteiger partial charge in [-0.2, -0.15) is 0 Å². The summed E-state index contributed by atoms with van der Waals surface area (Å²) in [5, 5.41) is 22.5. The van der Waals surface area contributed by atoms with E-state index in [1.54, 1.807) is 12.1 Å². The number of aliphatic hydroxyl groups is 1. The third-order valence-corrected chi connectivity index (χ3v) is 3.04.